The van der Waals surface area contributed by atoms with Crippen LogP contribution in [0.2, 0.25) is 0 Å². The topological polar surface area (TPSA) is 18.5 Å². The zero-order valence-corrected chi connectivity index (χ0v) is 15.2. The molecular formula is C26H18O2. The monoisotopic (exact) mass is 362 g/mol. The maximum Gasteiger partial charge on any atom is 0.177 e. The van der Waals surface area contributed by atoms with Crippen LogP contribution in [0.5, 0.6) is 23.0 Å². The Kier molecular flexibility index (Phi) is 4.15. The summed E-state index contributed by atoms with van der Waals surface area (Å²) in [6, 6.07) is 36.4. The number of hydrogen-bond acceptors (Lipinski definition) is 2. The molecule has 0 radical (unpaired) electrons. The molecule has 2 heteroatoms. The first-order valence-electron chi connectivity index (χ1n) is 9.28. The highest BCUT2D eigenvalue weighted by Crippen LogP contribution is 2.42. The highest BCUT2D eigenvalue weighted by atomic mass is 16.5. The Morgan fingerprint density at radius 2 is 1.00 bits per heavy atom. The molecule has 0 aliphatic heterocycles. The molecule has 0 unspecified atom stereocenters. The predicted octanol–water partition coefficient (Wildman–Crippen LogP) is 7.58. The third kappa shape index (κ3) is 3.17. The zero-order chi connectivity index (χ0) is 18.8. The molecule has 0 aromatic heterocycles. The second-order valence-corrected chi connectivity index (χ2v) is 6.64. The van der Waals surface area contributed by atoms with Gasteiger partial charge >= 0.3 is 0 Å². The molecule has 5 aromatic rings. The number of hydrogen-bond donors (Lipinski definition) is 0. The first-order valence-corrected chi connectivity index (χ1v) is 9.28. The van der Waals surface area contributed by atoms with Gasteiger partial charge in [-0.05, 0) is 58.6 Å². The predicted molar refractivity (Wildman–Crippen MR) is 114 cm³/mol. The molecule has 0 saturated carbocycles. The van der Waals surface area contributed by atoms with Crippen LogP contribution in [0, 0.1) is 0 Å². The summed E-state index contributed by atoms with van der Waals surface area (Å²) >= 11 is 0. The van der Waals surface area contributed by atoms with Gasteiger partial charge < -0.3 is 9.47 Å². The molecule has 0 bridgehead atoms. The van der Waals surface area contributed by atoms with Gasteiger partial charge in [-0.2, -0.15) is 0 Å². The fourth-order valence-corrected chi connectivity index (χ4v) is 3.37. The van der Waals surface area contributed by atoms with Crippen molar-refractivity contribution in [1.29, 1.82) is 0 Å². The highest BCUT2D eigenvalue weighted by Gasteiger charge is 2.13. The minimum absolute atomic E-state index is 0.692. The van der Waals surface area contributed by atoms with E-state index in [1.54, 1.807) is 0 Å². The van der Waals surface area contributed by atoms with E-state index >= 15 is 0 Å². The summed E-state index contributed by atoms with van der Waals surface area (Å²) in [5.41, 5.74) is 0. The van der Waals surface area contributed by atoms with E-state index in [2.05, 4.69) is 42.5 Å². The van der Waals surface area contributed by atoms with Gasteiger partial charge in [0.1, 0.15) is 11.5 Å². The van der Waals surface area contributed by atoms with Crippen LogP contribution in [0.4, 0.5) is 0 Å². The van der Waals surface area contributed by atoms with Crippen LogP contribution in [0.1, 0.15) is 0 Å². The summed E-state index contributed by atoms with van der Waals surface area (Å²) in [5, 5.41) is 4.52. The molecule has 0 heterocycles. The Bertz CT molecular complexity index is 1250. The Morgan fingerprint density at radius 1 is 0.429 bits per heavy atom. The van der Waals surface area contributed by atoms with Gasteiger partial charge in [0.15, 0.2) is 11.5 Å². The molecular weight excluding hydrogens is 344 g/mol. The quantitative estimate of drug-likeness (QED) is 0.307. The molecule has 0 atom stereocenters. The largest absolute Gasteiger partial charge is 0.453 e. The summed E-state index contributed by atoms with van der Waals surface area (Å²) in [7, 11) is 0. The normalized spacial score (nSPS) is 10.9. The van der Waals surface area contributed by atoms with Crippen LogP contribution < -0.4 is 9.47 Å². The number of para-hydroxylation sites is 2. The lowest BCUT2D eigenvalue weighted by Crippen LogP contribution is -1.92. The van der Waals surface area contributed by atoms with E-state index in [1.807, 2.05) is 66.7 Å². The molecule has 0 aliphatic rings. The smallest absolute Gasteiger partial charge is 0.177 e. The van der Waals surface area contributed by atoms with Crippen LogP contribution in [0.3, 0.4) is 0 Å². The fraction of sp³-hybridized carbons (Fsp3) is 0. The first-order chi connectivity index (χ1) is 13.9. The average molecular weight is 362 g/mol. The van der Waals surface area contributed by atoms with Gasteiger partial charge in [-0.1, -0.05) is 66.7 Å². The lowest BCUT2D eigenvalue weighted by atomic mass is 10.0. The number of rotatable bonds is 4. The molecule has 5 rings (SSSR count). The summed E-state index contributed by atoms with van der Waals surface area (Å²) in [4.78, 5) is 0. The van der Waals surface area contributed by atoms with Gasteiger partial charge in [-0.15, -0.1) is 0 Å². The van der Waals surface area contributed by atoms with Gasteiger partial charge in [0.2, 0.25) is 0 Å². The van der Waals surface area contributed by atoms with Gasteiger partial charge in [-0.3, -0.25) is 0 Å². The van der Waals surface area contributed by atoms with Crippen LogP contribution >= 0.6 is 0 Å². The molecule has 0 amide bonds. The molecule has 0 fully saturated rings. The molecule has 28 heavy (non-hydrogen) atoms. The van der Waals surface area contributed by atoms with Crippen molar-refractivity contribution in [2.24, 2.45) is 0 Å². The SMILES string of the molecule is c1ccc(Oc2ccc3cc4ccccc4cc3c2Oc2ccccc2)cc1. The standard InChI is InChI=1S/C26H18O2/c1-3-11-22(12-4-1)27-25-16-15-21-17-19-9-7-8-10-20(19)18-24(21)26(25)28-23-13-5-2-6-14-23/h1-18H. The molecule has 5 aromatic carbocycles. The van der Waals surface area contributed by atoms with Crippen molar-refractivity contribution in [3.8, 4) is 23.0 Å². The molecule has 134 valence electrons. The number of ether oxygens (including phenoxy) is 2. The summed E-state index contributed by atoms with van der Waals surface area (Å²) in [6.07, 6.45) is 0. The van der Waals surface area contributed by atoms with Crippen molar-refractivity contribution >= 4 is 21.5 Å². The van der Waals surface area contributed by atoms with E-state index in [0.717, 1.165) is 28.0 Å². The number of fused-ring (bicyclic) bond motifs is 2. The average Bonchev–Trinajstić information content (AvgIpc) is 2.76. The molecule has 0 N–H and O–H groups in total. The van der Waals surface area contributed by atoms with Crippen LogP contribution in [-0.4, -0.2) is 0 Å². The summed E-state index contributed by atoms with van der Waals surface area (Å²) < 4.78 is 12.5. The van der Waals surface area contributed by atoms with Gasteiger partial charge in [0.05, 0.1) is 0 Å². The van der Waals surface area contributed by atoms with Gasteiger partial charge in [0, 0.05) is 5.39 Å². The maximum atomic E-state index is 6.32. The summed E-state index contributed by atoms with van der Waals surface area (Å²) in [5.74, 6) is 2.97. The van der Waals surface area contributed by atoms with Crippen molar-refractivity contribution in [2.75, 3.05) is 0 Å². The van der Waals surface area contributed by atoms with Crippen molar-refractivity contribution in [2.45, 2.75) is 0 Å². The Labute approximate surface area is 163 Å². The molecule has 0 aliphatic carbocycles. The minimum atomic E-state index is 0.692. The second kappa shape index (κ2) is 7.09. The van der Waals surface area contributed by atoms with Crippen molar-refractivity contribution < 1.29 is 9.47 Å². The Balaban J connectivity index is 1.71. The van der Waals surface area contributed by atoms with Crippen LogP contribution in [-0.2, 0) is 0 Å². The fourth-order valence-electron chi connectivity index (χ4n) is 3.37. The van der Waals surface area contributed by atoms with Crippen LogP contribution in [0.15, 0.2) is 109 Å². The van der Waals surface area contributed by atoms with E-state index in [0.29, 0.717) is 5.75 Å². The number of benzene rings is 5. The van der Waals surface area contributed by atoms with E-state index in [-0.39, 0.29) is 0 Å². The lowest BCUT2D eigenvalue weighted by Gasteiger charge is -2.15. The Morgan fingerprint density at radius 3 is 1.68 bits per heavy atom. The summed E-state index contributed by atoms with van der Waals surface area (Å²) in [6.45, 7) is 0. The van der Waals surface area contributed by atoms with Gasteiger partial charge in [0.25, 0.3) is 0 Å². The Hall–Kier alpha value is -3.78. The molecule has 0 saturated heterocycles. The van der Waals surface area contributed by atoms with Crippen molar-refractivity contribution in [1.82, 2.24) is 0 Å². The minimum Gasteiger partial charge on any atom is -0.453 e. The van der Waals surface area contributed by atoms with E-state index in [9.17, 15) is 0 Å². The van der Waals surface area contributed by atoms with Crippen molar-refractivity contribution in [3.05, 3.63) is 109 Å². The molecule has 2 nitrogen and oxygen atoms in total. The third-order valence-corrected chi connectivity index (χ3v) is 4.73. The van der Waals surface area contributed by atoms with Gasteiger partial charge in [-0.25, -0.2) is 0 Å². The van der Waals surface area contributed by atoms with E-state index in [4.69, 9.17) is 9.47 Å². The van der Waals surface area contributed by atoms with Crippen molar-refractivity contribution in [3.63, 3.8) is 0 Å². The lowest BCUT2D eigenvalue weighted by molar-refractivity contribution is 0.423. The van der Waals surface area contributed by atoms with Crippen LogP contribution in [0.25, 0.3) is 21.5 Å². The maximum absolute atomic E-state index is 6.32. The third-order valence-electron chi connectivity index (χ3n) is 4.73. The first kappa shape index (κ1) is 16.4. The van der Waals surface area contributed by atoms with E-state index < -0.39 is 0 Å². The highest BCUT2D eigenvalue weighted by molar-refractivity contribution is 6.02. The molecule has 0 spiro atoms. The van der Waals surface area contributed by atoms with E-state index in [1.165, 1.54) is 10.8 Å². The zero-order valence-electron chi connectivity index (χ0n) is 15.2. The second-order valence-electron chi connectivity index (χ2n) is 6.64.